The first-order valence-corrected chi connectivity index (χ1v) is 7.89. The van der Waals surface area contributed by atoms with E-state index in [0.717, 1.165) is 38.0 Å². The van der Waals surface area contributed by atoms with Gasteiger partial charge in [0, 0.05) is 51.1 Å². The van der Waals surface area contributed by atoms with Crippen LogP contribution in [0.25, 0.3) is 32.3 Å². The number of anilines is 2. The van der Waals surface area contributed by atoms with Crippen molar-refractivity contribution in [3.63, 3.8) is 0 Å². The zero-order valence-corrected chi connectivity index (χ0v) is 12.9. The second kappa shape index (κ2) is 5.33. The highest BCUT2D eigenvalue weighted by Crippen LogP contribution is 2.41. The number of fused-ring (bicyclic) bond motifs is 1. The maximum Gasteiger partial charge on any atom is 0.132 e. The van der Waals surface area contributed by atoms with Crippen LogP contribution in [0.1, 0.15) is 0 Å². The van der Waals surface area contributed by atoms with E-state index in [1.165, 1.54) is 6.33 Å². The quantitative estimate of drug-likeness (QED) is 0.551. The Morgan fingerprint density at radius 3 is 2.30 bits per heavy atom. The summed E-state index contributed by atoms with van der Waals surface area (Å²) in [6, 6.07) is 7.76. The van der Waals surface area contributed by atoms with Crippen LogP contribution in [0.3, 0.4) is 0 Å². The van der Waals surface area contributed by atoms with E-state index in [-0.39, 0.29) is 0 Å². The molecule has 6 heteroatoms. The molecule has 4 aromatic rings. The molecular weight excluding hydrogens is 306 g/mol. The number of thiophene rings is 1. The molecule has 3 aromatic heterocycles. The van der Waals surface area contributed by atoms with E-state index in [1.54, 1.807) is 29.9 Å². The Labute approximate surface area is 136 Å². The second-order valence-corrected chi connectivity index (χ2v) is 6.04. The van der Waals surface area contributed by atoms with Gasteiger partial charge in [-0.15, -0.1) is 11.3 Å². The Hall–Kier alpha value is -2.99. The molecule has 112 valence electrons. The van der Waals surface area contributed by atoms with E-state index in [0.29, 0.717) is 5.82 Å². The van der Waals surface area contributed by atoms with Gasteiger partial charge in [0.15, 0.2) is 0 Å². The lowest BCUT2D eigenvalue weighted by atomic mass is 10.0. The third kappa shape index (κ3) is 2.29. The number of nitrogen functional groups attached to an aromatic ring is 2. The van der Waals surface area contributed by atoms with Crippen molar-refractivity contribution in [3.8, 4) is 22.3 Å². The first-order chi connectivity index (χ1) is 11.2. The molecule has 0 bridgehead atoms. The molecule has 23 heavy (non-hydrogen) atoms. The lowest BCUT2D eigenvalue weighted by Crippen LogP contribution is -1.93. The molecule has 0 aliphatic rings. The normalized spacial score (nSPS) is 11.0. The van der Waals surface area contributed by atoms with Crippen LogP contribution in [-0.4, -0.2) is 15.0 Å². The summed E-state index contributed by atoms with van der Waals surface area (Å²) in [5.74, 6) is 0.522. The van der Waals surface area contributed by atoms with Gasteiger partial charge in [0.05, 0.1) is 0 Å². The standard InChI is InChI=1S/C17H13N5S/c18-12-3-1-10(2-4-12)14-8-23-16-13(7-22-17(19)15(14)16)11-5-20-9-21-6-11/h1-9H,18H2,(H2,19,22). The number of nitrogens with two attached hydrogens (primary N) is 2. The Balaban J connectivity index is 1.97. The van der Waals surface area contributed by atoms with Gasteiger partial charge >= 0.3 is 0 Å². The van der Waals surface area contributed by atoms with Crippen LogP contribution < -0.4 is 11.5 Å². The smallest absolute Gasteiger partial charge is 0.132 e. The molecule has 0 saturated heterocycles. The third-order valence-electron chi connectivity index (χ3n) is 3.72. The molecule has 4 N–H and O–H groups in total. The monoisotopic (exact) mass is 319 g/mol. The van der Waals surface area contributed by atoms with Crippen LogP contribution in [0.15, 0.2) is 54.6 Å². The summed E-state index contributed by atoms with van der Waals surface area (Å²) in [6.45, 7) is 0. The van der Waals surface area contributed by atoms with E-state index in [4.69, 9.17) is 11.5 Å². The molecule has 0 unspecified atom stereocenters. The molecule has 5 nitrogen and oxygen atoms in total. The minimum Gasteiger partial charge on any atom is -0.399 e. The van der Waals surface area contributed by atoms with Crippen LogP contribution in [0.5, 0.6) is 0 Å². The summed E-state index contributed by atoms with van der Waals surface area (Å²) in [4.78, 5) is 12.5. The number of aromatic nitrogens is 3. The van der Waals surface area contributed by atoms with Gasteiger partial charge in [-0.3, -0.25) is 0 Å². The molecule has 3 heterocycles. The molecule has 0 radical (unpaired) electrons. The number of benzene rings is 1. The van der Waals surface area contributed by atoms with Crippen molar-refractivity contribution in [2.45, 2.75) is 0 Å². The molecule has 0 aliphatic carbocycles. The van der Waals surface area contributed by atoms with Crippen molar-refractivity contribution in [1.29, 1.82) is 0 Å². The number of pyridine rings is 1. The summed E-state index contributed by atoms with van der Waals surface area (Å²) in [6.07, 6.45) is 6.85. The van der Waals surface area contributed by atoms with Gasteiger partial charge in [-0.1, -0.05) is 12.1 Å². The Morgan fingerprint density at radius 2 is 1.57 bits per heavy atom. The highest BCUT2D eigenvalue weighted by atomic mass is 32.1. The average molecular weight is 319 g/mol. The lowest BCUT2D eigenvalue weighted by molar-refractivity contribution is 1.17. The van der Waals surface area contributed by atoms with Gasteiger partial charge in [0.25, 0.3) is 0 Å². The highest BCUT2D eigenvalue weighted by molar-refractivity contribution is 7.18. The first kappa shape index (κ1) is 13.7. The van der Waals surface area contributed by atoms with Gasteiger partial charge in [-0.2, -0.15) is 0 Å². The average Bonchev–Trinajstić information content (AvgIpc) is 3.03. The lowest BCUT2D eigenvalue weighted by Gasteiger charge is -2.06. The number of nitrogens with zero attached hydrogens (tertiary/aromatic N) is 3. The zero-order chi connectivity index (χ0) is 15.8. The van der Waals surface area contributed by atoms with Gasteiger partial charge in [0.1, 0.15) is 12.1 Å². The maximum absolute atomic E-state index is 6.16. The van der Waals surface area contributed by atoms with E-state index >= 15 is 0 Å². The molecule has 0 saturated carbocycles. The Morgan fingerprint density at radius 1 is 0.826 bits per heavy atom. The largest absolute Gasteiger partial charge is 0.399 e. The molecule has 0 amide bonds. The predicted molar refractivity (Wildman–Crippen MR) is 94.9 cm³/mol. The Bertz CT molecular complexity index is 977. The van der Waals surface area contributed by atoms with Crippen molar-refractivity contribution >= 4 is 32.9 Å². The molecule has 0 spiro atoms. The fourth-order valence-electron chi connectivity index (χ4n) is 2.59. The molecular formula is C17H13N5S. The van der Waals surface area contributed by atoms with E-state index < -0.39 is 0 Å². The minimum atomic E-state index is 0.522. The van der Waals surface area contributed by atoms with Crippen molar-refractivity contribution < 1.29 is 0 Å². The van der Waals surface area contributed by atoms with Crippen molar-refractivity contribution in [2.75, 3.05) is 11.5 Å². The van der Waals surface area contributed by atoms with E-state index in [2.05, 4.69) is 20.3 Å². The predicted octanol–water partition coefficient (Wildman–Crippen LogP) is 3.58. The van der Waals surface area contributed by atoms with Crippen LogP contribution in [0.4, 0.5) is 11.5 Å². The van der Waals surface area contributed by atoms with E-state index in [9.17, 15) is 0 Å². The van der Waals surface area contributed by atoms with Crippen molar-refractivity contribution in [2.24, 2.45) is 0 Å². The molecule has 0 atom stereocenters. The molecule has 4 rings (SSSR count). The highest BCUT2D eigenvalue weighted by Gasteiger charge is 2.15. The van der Waals surface area contributed by atoms with Crippen molar-refractivity contribution in [3.05, 3.63) is 54.6 Å². The van der Waals surface area contributed by atoms with Gasteiger partial charge in [-0.25, -0.2) is 15.0 Å². The zero-order valence-electron chi connectivity index (χ0n) is 12.1. The van der Waals surface area contributed by atoms with Crippen LogP contribution in [0, 0.1) is 0 Å². The molecule has 0 fully saturated rings. The second-order valence-electron chi connectivity index (χ2n) is 5.16. The number of hydrogen-bond acceptors (Lipinski definition) is 6. The molecule has 1 aromatic carbocycles. The summed E-state index contributed by atoms with van der Waals surface area (Å²) >= 11 is 1.64. The minimum absolute atomic E-state index is 0.522. The topological polar surface area (TPSA) is 90.7 Å². The van der Waals surface area contributed by atoms with Crippen LogP contribution >= 0.6 is 11.3 Å². The van der Waals surface area contributed by atoms with Gasteiger partial charge in [-0.05, 0) is 23.1 Å². The van der Waals surface area contributed by atoms with Crippen LogP contribution in [0.2, 0.25) is 0 Å². The van der Waals surface area contributed by atoms with Gasteiger partial charge < -0.3 is 11.5 Å². The van der Waals surface area contributed by atoms with E-state index in [1.807, 2.05) is 24.3 Å². The Kier molecular flexibility index (Phi) is 3.17. The van der Waals surface area contributed by atoms with Crippen molar-refractivity contribution in [1.82, 2.24) is 15.0 Å². The summed E-state index contributed by atoms with van der Waals surface area (Å²) in [7, 11) is 0. The fourth-order valence-corrected chi connectivity index (χ4v) is 3.71. The maximum atomic E-state index is 6.16. The first-order valence-electron chi connectivity index (χ1n) is 7.01. The fraction of sp³-hybridized carbons (Fsp3) is 0. The summed E-state index contributed by atoms with van der Waals surface area (Å²) < 4.78 is 1.08. The SMILES string of the molecule is Nc1ccc(-c2csc3c(-c4cncnc4)cnc(N)c23)cc1. The molecule has 0 aliphatic heterocycles. The van der Waals surface area contributed by atoms with Crippen LogP contribution in [-0.2, 0) is 0 Å². The third-order valence-corrected chi connectivity index (χ3v) is 4.73. The van der Waals surface area contributed by atoms with Gasteiger partial charge in [0.2, 0.25) is 0 Å². The summed E-state index contributed by atoms with van der Waals surface area (Å²) in [5.41, 5.74) is 16.7. The number of rotatable bonds is 2. The number of hydrogen-bond donors (Lipinski definition) is 2. The summed E-state index contributed by atoms with van der Waals surface area (Å²) in [5, 5.41) is 3.06.